The van der Waals surface area contributed by atoms with Crippen molar-refractivity contribution >= 4 is 28.3 Å². The predicted molar refractivity (Wildman–Crippen MR) is 66.2 cm³/mol. The van der Waals surface area contributed by atoms with Crippen molar-refractivity contribution in [1.82, 2.24) is 5.32 Å². The van der Waals surface area contributed by atoms with E-state index in [1.807, 2.05) is 0 Å². The van der Waals surface area contributed by atoms with Crippen molar-refractivity contribution in [3.63, 3.8) is 0 Å². The molecule has 1 fully saturated rings. The topological polar surface area (TPSA) is 12.0 Å². The van der Waals surface area contributed by atoms with Crippen LogP contribution in [-0.2, 0) is 0 Å². The molecule has 0 spiro atoms. The van der Waals surface area contributed by atoms with Gasteiger partial charge in [-0.1, -0.05) is 34.1 Å². The molecule has 1 aromatic carbocycles. The van der Waals surface area contributed by atoms with Crippen LogP contribution in [0.25, 0.3) is 0 Å². The lowest BCUT2D eigenvalue weighted by Gasteiger charge is -2.23. The van der Waals surface area contributed by atoms with Gasteiger partial charge in [-0.25, -0.2) is 0 Å². The third-order valence-electron chi connectivity index (χ3n) is 2.68. The molecule has 0 bridgehead atoms. The molecule has 0 radical (unpaired) electrons. The molecule has 0 atom stereocenters. The molecule has 1 nitrogen and oxygen atoms in total. The van der Waals surface area contributed by atoms with Gasteiger partial charge in [-0.05, 0) is 43.5 Å². The van der Waals surface area contributed by atoms with E-state index in [4.69, 9.17) is 0 Å². The van der Waals surface area contributed by atoms with Gasteiger partial charge in [-0.3, -0.25) is 0 Å². The van der Waals surface area contributed by atoms with Gasteiger partial charge in [-0.2, -0.15) is 0 Å². The highest BCUT2D eigenvalue weighted by Gasteiger charge is 2.16. The van der Waals surface area contributed by atoms with Crippen LogP contribution in [0.2, 0.25) is 0 Å². The summed E-state index contributed by atoms with van der Waals surface area (Å²) in [7, 11) is 0. The first-order valence-electron chi connectivity index (χ1n) is 4.83. The Morgan fingerprint density at radius 3 is 2.43 bits per heavy atom. The van der Waals surface area contributed by atoms with Gasteiger partial charge in [-0.15, -0.1) is 12.4 Å². The molecule has 14 heavy (non-hydrogen) atoms. The summed E-state index contributed by atoms with van der Waals surface area (Å²) in [4.78, 5) is 0. The van der Waals surface area contributed by atoms with Gasteiger partial charge < -0.3 is 5.32 Å². The second-order valence-corrected chi connectivity index (χ2v) is 4.40. The summed E-state index contributed by atoms with van der Waals surface area (Å²) >= 11 is 3.61. The molecule has 0 amide bonds. The lowest BCUT2D eigenvalue weighted by Crippen LogP contribution is -2.26. The smallest absolute Gasteiger partial charge is 0.0210 e. The van der Waals surface area contributed by atoms with E-state index in [1.54, 1.807) is 0 Å². The minimum atomic E-state index is 0. The standard InChI is InChI=1S/C11H14BrN.ClH/c12-11-4-2-1-3-10(11)9-5-7-13-8-6-9;/h1-4,9,13H,5-8H2;1H. The van der Waals surface area contributed by atoms with Gasteiger partial charge in [0, 0.05) is 4.47 Å². The average Bonchev–Trinajstić information content (AvgIpc) is 2.20. The molecule has 1 heterocycles. The van der Waals surface area contributed by atoms with Crippen LogP contribution in [0.4, 0.5) is 0 Å². The Bertz CT molecular complexity index is 284. The monoisotopic (exact) mass is 275 g/mol. The number of hydrogen-bond donors (Lipinski definition) is 1. The number of halogens is 2. The van der Waals surface area contributed by atoms with E-state index < -0.39 is 0 Å². The molecular formula is C11H15BrClN. The molecule has 1 saturated heterocycles. The van der Waals surface area contributed by atoms with E-state index in [2.05, 4.69) is 45.5 Å². The van der Waals surface area contributed by atoms with E-state index in [1.165, 1.54) is 22.9 Å². The van der Waals surface area contributed by atoms with Crippen LogP contribution in [0.5, 0.6) is 0 Å². The van der Waals surface area contributed by atoms with Crippen molar-refractivity contribution < 1.29 is 0 Å². The zero-order valence-electron chi connectivity index (χ0n) is 8.00. The molecule has 78 valence electrons. The lowest BCUT2D eigenvalue weighted by molar-refractivity contribution is 0.459. The van der Waals surface area contributed by atoms with E-state index in [9.17, 15) is 0 Å². The SMILES string of the molecule is Brc1ccccc1C1CCNCC1.Cl. The third-order valence-corrected chi connectivity index (χ3v) is 3.41. The lowest BCUT2D eigenvalue weighted by atomic mass is 9.90. The highest BCUT2D eigenvalue weighted by Crippen LogP contribution is 2.30. The normalized spacial score (nSPS) is 17.5. The fraction of sp³-hybridized carbons (Fsp3) is 0.455. The van der Waals surface area contributed by atoms with Gasteiger partial charge in [0.15, 0.2) is 0 Å². The van der Waals surface area contributed by atoms with Crippen molar-refractivity contribution in [2.24, 2.45) is 0 Å². The molecule has 0 saturated carbocycles. The zero-order valence-corrected chi connectivity index (χ0v) is 10.4. The van der Waals surface area contributed by atoms with Crippen molar-refractivity contribution in [2.75, 3.05) is 13.1 Å². The number of hydrogen-bond acceptors (Lipinski definition) is 1. The highest BCUT2D eigenvalue weighted by molar-refractivity contribution is 9.10. The first-order valence-corrected chi connectivity index (χ1v) is 5.62. The molecule has 1 N–H and O–H groups in total. The summed E-state index contributed by atoms with van der Waals surface area (Å²) in [6.45, 7) is 2.32. The first-order chi connectivity index (χ1) is 6.38. The van der Waals surface area contributed by atoms with Crippen molar-refractivity contribution in [1.29, 1.82) is 0 Å². The van der Waals surface area contributed by atoms with Crippen molar-refractivity contribution in [2.45, 2.75) is 18.8 Å². The molecule has 1 aliphatic heterocycles. The van der Waals surface area contributed by atoms with Gasteiger partial charge in [0.1, 0.15) is 0 Å². The Balaban J connectivity index is 0.000000980. The van der Waals surface area contributed by atoms with E-state index in [-0.39, 0.29) is 12.4 Å². The fourth-order valence-corrected chi connectivity index (χ4v) is 2.55. The molecule has 0 aliphatic carbocycles. The van der Waals surface area contributed by atoms with E-state index in [0.717, 1.165) is 19.0 Å². The van der Waals surface area contributed by atoms with Crippen molar-refractivity contribution in [3.05, 3.63) is 34.3 Å². The van der Waals surface area contributed by atoms with Gasteiger partial charge >= 0.3 is 0 Å². The molecule has 1 aromatic rings. The zero-order chi connectivity index (χ0) is 9.10. The minimum Gasteiger partial charge on any atom is -0.317 e. The van der Waals surface area contributed by atoms with Crippen LogP contribution in [0.3, 0.4) is 0 Å². The maximum atomic E-state index is 3.61. The Labute approximate surface area is 99.8 Å². The van der Waals surface area contributed by atoms with E-state index in [0.29, 0.717) is 0 Å². The summed E-state index contributed by atoms with van der Waals surface area (Å²) in [6.07, 6.45) is 2.53. The second kappa shape index (κ2) is 5.74. The van der Waals surface area contributed by atoms with Crippen LogP contribution in [-0.4, -0.2) is 13.1 Å². The van der Waals surface area contributed by atoms with Gasteiger partial charge in [0.2, 0.25) is 0 Å². The molecule has 3 heteroatoms. The van der Waals surface area contributed by atoms with Crippen LogP contribution in [0.15, 0.2) is 28.7 Å². The summed E-state index contributed by atoms with van der Waals surface area (Å²) in [6, 6.07) is 8.58. The summed E-state index contributed by atoms with van der Waals surface area (Å²) in [5.41, 5.74) is 1.48. The Hall–Kier alpha value is -0.0500. The van der Waals surface area contributed by atoms with Gasteiger partial charge in [0.25, 0.3) is 0 Å². The Morgan fingerprint density at radius 2 is 1.79 bits per heavy atom. The van der Waals surface area contributed by atoms with Crippen LogP contribution in [0.1, 0.15) is 24.3 Å². The Morgan fingerprint density at radius 1 is 1.14 bits per heavy atom. The van der Waals surface area contributed by atoms with Crippen LogP contribution in [0, 0.1) is 0 Å². The maximum absolute atomic E-state index is 3.61. The average molecular weight is 277 g/mol. The fourth-order valence-electron chi connectivity index (χ4n) is 1.94. The van der Waals surface area contributed by atoms with Gasteiger partial charge in [0.05, 0.1) is 0 Å². The number of nitrogens with one attached hydrogen (secondary N) is 1. The summed E-state index contributed by atoms with van der Waals surface area (Å²) in [5.74, 6) is 0.747. The van der Waals surface area contributed by atoms with Crippen LogP contribution >= 0.6 is 28.3 Å². The largest absolute Gasteiger partial charge is 0.317 e. The summed E-state index contributed by atoms with van der Waals surface area (Å²) < 4.78 is 1.27. The molecule has 2 rings (SSSR count). The van der Waals surface area contributed by atoms with Crippen molar-refractivity contribution in [3.8, 4) is 0 Å². The number of rotatable bonds is 1. The molecule has 0 unspecified atom stereocenters. The predicted octanol–water partition coefficient (Wildman–Crippen LogP) is 3.34. The number of piperidine rings is 1. The van der Waals surface area contributed by atoms with E-state index >= 15 is 0 Å². The Kier molecular flexibility index (Phi) is 4.93. The molecule has 0 aromatic heterocycles. The summed E-state index contributed by atoms with van der Waals surface area (Å²) in [5, 5.41) is 3.39. The number of benzene rings is 1. The highest BCUT2D eigenvalue weighted by atomic mass is 79.9. The third kappa shape index (κ3) is 2.72. The first kappa shape index (κ1) is 12.0. The van der Waals surface area contributed by atoms with Crippen LogP contribution < -0.4 is 5.32 Å². The maximum Gasteiger partial charge on any atom is 0.0210 e. The quantitative estimate of drug-likeness (QED) is 0.829. The minimum absolute atomic E-state index is 0. The molecule has 1 aliphatic rings. The second-order valence-electron chi connectivity index (χ2n) is 3.55. The molecular weight excluding hydrogens is 261 g/mol.